The van der Waals surface area contributed by atoms with Crippen molar-refractivity contribution >= 4 is 27.6 Å². The van der Waals surface area contributed by atoms with Crippen molar-refractivity contribution in [2.75, 3.05) is 24.5 Å². The summed E-state index contributed by atoms with van der Waals surface area (Å²) in [5, 5.41) is 14.8. The Morgan fingerprint density at radius 1 is 1.46 bits per heavy atom. The number of aromatic amines is 1. The van der Waals surface area contributed by atoms with Gasteiger partial charge in [0.1, 0.15) is 17.4 Å². The fourth-order valence-corrected chi connectivity index (χ4v) is 3.68. The molecule has 4 rings (SSSR count). The largest absolute Gasteiger partial charge is 0.369 e. The molecule has 0 spiro atoms. The number of piperidine rings is 1. The number of nitrogens with zero attached hydrogens (tertiary/aromatic N) is 4. The van der Waals surface area contributed by atoms with Crippen LogP contribution >= 0.6 is 0 Å². The first kappa shape index (κ1) is 14.9. The highest BCUT2D eigenvalue weighted by molar-refractivity contribution is 6.12. The van der Waals surface area contributed by atoms with Gasteiger partial charge >= 0.3 is 0 Å². The Balaban J connectivity index is 1.84. The first-order valence-electron chi connectivity index (χ1n) is 8.45. The van der Waals surface area contributed by atoms with Crippen molar-refractivity contribution in [2.24, 2.45) is 0 Å². The van der Waals surface area contributed by atoms with Crippen molar-refractivity contribution < 1.29 is 0 Å². The lowest BCUT2D eigenvalue weighted by atomic mass is 10.0. The lowest BCUT2D eigenvalue weighted by Crippen LogP contribution is -2.45. The number of likely N-dealkylation sites (N-methyl/N-ethyl adjacent to an activating group) is 1. The molecule has 3 aromatic heterocycles. The van der Waals surface area contributed by atoms with Crippen LogP contribution in [0.1, 0.15) is 25.5 Å². The molecule has 1 aliphatic heterocycles. The SMILES string of the molecule is CCN[C@@H]1CCCN(c2ccnc3[nH]c4cnc(C#N)cc4c23)C1. The predicted octanol–water partition coefficient (Wildman–Crippen LogP) is 2.56. The second-order valence-electron chi connectivity index (χ2n) is 6.25. The Morgan fingerprint density at radius 3 is 3.21 bits per heavy atom. The van der Waals surface area contributed by atoms with Gasteiger partial charge in [-0.15, -0.1) is 0 Å². The average molecular weight is 320 g/mol. The Bertz CT molecular complexity index is 920. The molecule has 1 atom stereocenters. The summed E-state index contributed by atoms with van der Waals surface area (Å²) in [7, 11) is 0. The molecule has 2 N–H and O–H groups in total. The van der Waals surface area contributed by atoms with Gasteiger partial charge in [0.25, 0.3) is 0 Å². The van der Waals surface area contributed by atoms with E-state index in [4.69, 9.17) is 5.26 Å². The summed E-state index contributed by atoms with van der Waals surface area (Å²) >= 11 is 0. The second kappa shape index (κ2) is 6.10. The van der Waals surface area contributed by atoms with Crippen molar-refractivity contribution in [3.8, 4) is 6.07 Å². The number of nitriles is 1. The summed E-state index contributed by atoms with van der Waals surface area (Å²) in [4.78, 5) is 14.4. The van der Waals surface area contributed by atoms with Crippen molar-refractivity contribution in [1.82, 2.24) is 20.3 Å². The molecule has 1 aliphatic rings. The van der Waals surface area contributed by atoms with Crippen LogP contribution in [0.2, 0.25) is 0 Å². The number of H-pyrrole nitrogens is 1. The molecule has 1 fully saturated rings. The molecule has 6 heteroatoms. The van der Waals surface area contributed by atoms with Crippen LogP contribution in [-0.4, -0.2) is 40.6 Å². The zero-order valence-corrected chi connectivity index (χ0v) is 13.7. The third kappa shape index (κ3) is 2.47. The minimum atomic E-state index is 0.433. The zero-order valence-electron chi connectivity index (χ0n) is 13.7. The zero-order chi connectivity index (χ0) is 16.5. The molecule has 0 aliphatic carbocycles. The van der Waals surface area contributed by atoms with Crippen molar-refractivity contribution in [3.05, 3.63) is 30.2 Å². The van der Waals surface area contributed by atoms with Crippen LogP contribution < -0.4 is 10.2 Å². The highest BCUT2D eigenvalue weighted by Crippen LogP contribution is 2.33. The molecule has 3 aromatic rings. The number of aromatic nitrogens is 3. The monoisotopic (exact) mass is 320 g/mol. The molecule has 6 nitrogen and oxygen atoms in total. The molecular formula is C18H20N6. The first-order valence-corrected chi connectivity index (χ1v) is 8.45. The summed E-state index contributed by atoms with van der Waals surface area (Å²) in [6.07, 6.45) is 5.96. The maximum atomic E-state index is 9.16. The molecule has 0 amide bonds. The van der Waals surface area contributed by atoms with E-state index >= 15 is 0 Å². The molecule has 122 valence electrons. The molecule has 0 bridgehead atoms. The number of fused-ring (bicyclic) bond motifs is 3. The van der Waals surface area contributed by atoms with Gasteiger partial charge in [-0.05, 0) is 31.5 Å². The van der Waals surface area contributed by atoms with E-state index in [-0.39, 0.29) is 0 Å². The van der Waals surface area contributed by atoms with Crippen molar-refractivity contribution in [1.29, 1.82) is 5.26 Å². The van der Waals surface area contributed by atoms with E-state index in [1.54, 1.807) is 6.20 Å². The van der Waals surface area contributed by atoms with Gasteiger partial charge in [0, 0.05) is 36.4 Å². The van der Waals surface area contributed by atoms with E-state index in [0.29, 0.717) is 11.7 Å². The van der Waals surface area contributed by atoms with E-state index < -0.39 is 0 Å². The van der Waals surface area contributed by atoms with Crippen LogP contribution in [0.15, 0.2) is 24.5 Å². The molecule has 1 saturated heterocycles. The summed E-state index contributed by atoms with van der Waals surface area (Å²) in [5.74, 6) is 0. The van der Waals surface area contributed by atoms with Gasteiger partial charge in [0.2, 0.25) is 0 Å². The lowest BCUT2D eigenvalue weighted by Gasteiger charge is -2.35. The number of pyridine rings is 2. The lowest BCUT2D eigenvalue weighted by molar-refractivity contribution is 0.432. The maximum Gasteiger partial charge on any atom is 0.141 e. The van der Waals surface area contributed by atoms with E-state index in [9.17, 15) is 0 Å². The molecule has 0 saturated carbocycles. The van der Waals surface area contributed by atoms with Crippen LogP contribution in [0.3, 0.4) is 0 Å². The van der Waals surface area contributed by atoms with E-state index in [1.165, 1.54) is 18.5 Å². The van der Waals surface area contributed by atoms with Crippen molar-refractivity contribution in [3.63, 3.8) is 0 Å². The van der Waals surface area contributed by atoms with Gasteiger partial charge < -0.3 is 15.2 Å². The number of anilines is 1. The Morgan fingerprint density at radius 2 is 2.38 bits per heavy atom. The van der Waals surface area contributed by atoms with Crippen LogP contribution in [-0.2, 0) is 0 Å². The highest BCUT2D eigenvalue weighted by Gasteiger charge is 2.22. The summed E-state index contributed by atoms with van der Waals surface area (Å²) in [6.45, 7) is 5.19. The van der Waals surface area contributed by atoms with Gasteiger partial charge in [0.05, 0.1) is 17.1 Å². The summed E-state index contributed by atoms with van der Waals surface area (Å²) < 4.78 is 0. The third-order valence-electron chi connectivity index (χ3n) is 4.72. The minimum Gasteiger partial charge on any atom is -0.369 e. The van der Waals surface area contributed by atoms with Gasteiger partial charge in [0.15, 0.2) is 0 Å². The number of rotatable bonds is 3. The molecule has 4 heterocycles. The second-order valence-corrected chi connectivity index (χ2v) is 6.25. The molecule has 0 unspecified atom stereocenters. The molecule has 0 aromatic carbocycles. The standard InChI is InChI=1S/C18H20N6/c1-2-20-12-4-3-7-24(11-12)16-5-6-21-18-17(16)14-8-13(9-19)22-10-15(14)23-18/h5-6,8,10,12,20H,2-4,7,11H2,1H3,(H,21,23)/t12-/m1/s1. The topological polar surface area (TPSA) is 80.6 Å². The van der Waals surface area contributed by atoms with Crippen LogP contribution in [0.4, 0.5) is 5.69 Å². The van der Waals surface area contributed by atoms with Gasteiger partial charge in [-0.3, -0.25) is 0 Å². The van der Waals surface area contributed by atoms with Gasteiger partial charge in [-0.2, -0.15) is 5.26 Å². The molecule has 0 radical (unpaired) electrons. The Kier molecular flexibility index (Phi) is 3.79. The number of hydrogen-bond donors (Lipinski definition) is 2. The average Bonchev–Trinajstić information content (AvgIpc) is 3.00. The van der Waals surface area contributed by atoms with E-state index in [2.05, 4.69) is 44.2 Å². The summed E-state index contributed by atoms with van der Waals surface area (Å²) in [5.41, 5.74) is 3.39. The number of hydrogen-bond acceptors (Lipinski definition) is 5. The fraction of sp³-hybridized carbons (Fsp3) is 0.389. The maximum absolute atomic E-state index is 9.16. The van der Waals surface area contributed by atoms with Gasteiger partial charge in [-0.1, -0.05) is 6.92 Å². The van der Waals surface area contributed by atoms with Crippen molar-refractivity contribution in [2.45, 2.75) is 25.8 Å². The van der Waals surface area contributed by atoms with Crippen LogP contribution in [0.5, 0.6) is 0 Å². The van der Waals surface area contributed by atoms with E-state index in [0.717, 1.165) is 41.6 Å². The van der Waals surface area contributed by atoms with E-state index in [1.807, 2.05) is 12.3 Å². The minimum absolute atomic E-state index is 0.433. The predicted molar refractivity (Wildman–Crippen MR) is 95.0 cm³/mol. The molecular weight excluding hydrogens is 300 g/mol. The Hall–Kier alpha value is -2.65. The smallest absolute Gasteiger partial charge is 0.141 e. The van der Waals surface area contributed by atoms with Crippen LogP contribution in [0.25, 0.3) is 21.9 Å². The normalized spacial score (nSPS) is 18.2. The third-order valence-corrected chi connectivity index (χ3v) is 4.72. The highest BCUT2D eigenvalue weighted by atomic mass is 15.2. The van der Waals surface area contributed by atoms with Gasteiger partial charge in [-0.25, -0.2) is 9.97 Å². The number of nitrogens with one attached hydrogen (secondary N) is 2. The summed E-state index contributed by atoms with van der Waals surface area (Å²) in [6, 6.07) is 6.58. The quantitative estimate of drug-likeness (QED) is 0.775. The molecule has 24 heavy (non-hydrogen) atoms. The van der Waals surface area contributed by atoms with Crippen LogP contribution in [0, 0.1) is 11.3 Å². The fourth-order valence-electron chi connectivity index (χ4n) is 3.68. The Labute approximate surface area is 140 Å². The first-order chi connectivity index (χ1) is 11.8.